The van der Waals surface area contributed by atoms with E-state index in [-0.39, 0.29) is 21.9 Å². The van der Waals surface area contributed by atoms with Crippen molar-refractivity contribution in [1.29, 1.82) is 0 Å². The molecule has 0 saturated carbocycles. The molecule has 1 N–H and O–H groups in total. The fourth-order valence-electron chi connectivity index (χ4n) is 3.21. The van der Waals surface area contributed by atoms with E-state index in [1.807, 2.05) is 30.3 Å². The van der Waals surface area contributed by atoms with Crippen molar-refractivity contribution in [2.24, 2.45) is 0 Å². The van der Waals surface area contributed by atoms with Gasteiger partial charge in [0.05, 0.1) is 10.5 Å². The molecule has 5 nitrogen and oxygen atoms in total. The SMILES string of the molecule is Cc1c(C(=O)O)cccc1S(=O)(=O)N1CCC(c2ccccc2)C1. The predicted octanol–water partition coefficient (Wildman–Crippen LogP) is 2.87. The summed E-state index contributed by atoms with van der Waals surface area (Å²) in [6, 6.07) is 14.2. The number of carbonyl (C=O) groups is 1. The molecule has 126 valence electrons. The van der Waals surface area contributed by atoms with Gasteiger partial charge in [0.25, 0.3) is 0 Å². The van der Waals surface area contributed by atoms with E-state index in [4.69, 9.17) is 0 Å². The fraction of sp³-hybridized carbons (Fsp3) is 0.278. The maximum Gasteiger partial charge on any atom is 0.335 e. The molecule has 2 aromatic rings. The molecule has 0 bridgehead atoms. The van der Waals surface area contributed by atoms with Crippen LogP contribution in [0, 0.1) is 6.92 Å². The van der Waals surface area contributed by atoms with E-state index in [0.717, 1.165) is 12.0 Å². The van der Waals surface area contributed by atoms with Crippen molar-refractivity contribution in [3.05, 3.63) is 65.2 Å². The van der Waals surface area contributed by atoms with Gasteiger partial charge in [0, 0.05) is 13.1 Å². The molecule has 6 heteroatoms. The van der Waals surface area contributed by atoms with Gasteiger partial charge in [-0.1, -0.05) is 36.4 Å². The van der Waals surface area contributed by atoms with Crippen LogP contribution in [-0.4, -0.2) is 36.9 Å². The highest BCUT2D eigenvalue weighted by Gasteiger charge is 2.34. The third-order valence-corrected chi connectivity index (χ3v) is 6.56. The standard InChI is InChI=1S/C18H19NO4S/c1-13-16(18(20)21)8-5-9-17(13)24(22,23)19-11-10-15(12-19)14-6-3-2-4-7-14/h2-9,15H,10-12H2,1H3,(H,20,21). The Morgan fingerprint density at radius 3 is 2.50 bits per heavy atom. The second kappa shape index (κ2) is 6.37. The smallest absolute Gasteiger partial charge is 0.335 e. The van der Waals surface area contributed by atoms with E-state index in [1.54, 1.807) is 6.92 Å². The van der Waals surface area contributed by atoms with Crippen LogP contribution in [0.1, 0.15) is 33.8 Å². The van der Waals surface area contributed by atoms with Gasteiger partial charge in [0.1, 0.15) is 0 Å². The lowest BCUT2D eigenvalue weighted by atomic mass is 9.99. The van der Waals surface area contributed by atoms with Crippen molar-refractivity contribution < 1.29 is 18.3 Å². The van der Waals surface area contributed by atoms with Crippen molar-refractivity contribution in [3.63, 3.8) is 0 Å². The van der Waals surface area contributed by atoms with E-state index < -0.39 is 16.0 Å². The van der Waals surface area contributed by atoms with Gasteiger partial charge < -0.3 is 5.11 Å². The monoisotopic (exact) mass is 345 g/mol. The van der Waals surface area contributed by atoms with E-state index in [9.17, 15) is 18.3 Å². The van der Waals surface area contributed by atoms with Gasteiger partial charge in [0.15, 0.2) is 0 Å². The number of carboxylic acids is 1. The maximum absolute atomic E-state index is 12.9. The number of hydrogen-bond donors (Lipinski definition) is 1. The largest absolute Gasteiger partial charge is 0.478 e. The predicted molar refractivity (Wildman–Crippen MR) is 90.7 cm³/mol. The van der Waals surface area contributed by atoms with E-state index >= 15 is 0 Å². The minimum Gasteiger partial charge on any atom is -0.478 e. The first-order chi connectivity index (χ1) is 11.4. The van der Waals surface area contributed by atoms with Crippen LogP contribution in [0.4, 0.5) is 0 Å². The van der Waals surface area contributed by atoms with Crippen LogP contribution in [0.15, 0.2) is 53.4 Å². The van der Waals surface area contributed by atoms with E-state index in [2.05, 4.69) is 0 Å². The summed E-state index contributed by atoms with van der Waals surface area (Å²) in [5, 5.41) is 9.20. The lowest BCUT2D eigenvalue weighted by Gasteiger charge is -2.19. The number of nitrogens with zero attached hydrogens (tertiary/aromatic N) is 1. The van der Waals surface area contributed by atoms with Gasteiger partial charge in [-0.3, -0.25) is 0 Å². The Balaban J connectivity index is 1.90. The molecule has 1 fully saturated rings. The highest BCUT2D eigenvalue weighted by Crippen LogP contribution is 2.32. The molecule has 1 aliphatic heterocycles. The van der Waals surface area contributed by atoms with Crippen LogP contribution in [0.25, 0.3) is 0 Å². The molecule has 2 aromatic carbocycles. The lowest BCUT2D eigenvalue weighted by Crippen LogP contribution is -2.29. The van der Waals surface area contributed by atoms with Crippen LogP contribution < -0.4 is 0 Å². The third-order valence-electron chi connectivity index (χ3n) is 4.55. The van der Waals surface area contributed by atoms with Crippen molar-refractivity contribution in [2.45, 2.75) is 24.2 Å². The van der Waals surface area contributed by atoms with Crippen molar-refractivity contribution in [1.82, 2.24) is 4.31 Å². The molecule has 0 spiro atoms. The molecule has 0 radical (unpaired) electrons. The summed E-state index contributed by atoms with van der Waals surface area (Å²) in [7, 11) is -3.70. The number of hydrogen-bond acceptors (Lipinski definition) is 3. The Bertz CT molecular complexity index is 862. The topological polar surface area (TPSA) is 74.7 Å². The van der Waals surface area contributed by atoms with Crippen LogP contribution >= 0.6 is 0 Å². The summed E-state index contributed by atoms with van der Waals surface area (Å²) in [6.45, 7) is 2.41. The first kappa shape index (κ1) is 16.7. The average molecular weight is 345 g/mol. The number of sulfonamides is 1. The van der Waals surface area contributed by atoms with Crippen LogP contribution in [-0.2, 0) is 10.0 Å². The molecule has 24 heavy (non-hydrogen) atoms. The van der Waals surface area contributed by atoms with Gasteiger partial charge in [0.2, 0.25) is 10.0 Å². The highest BCUT2D eigenvalue weighted by atomic mass is 32.2. The first-order valence-electron chi connectivity index (χ1n) is 7.79. The van der Waals surface area contributed by atoms with Crippen LogP contribution in [0.2, 0.25) is 0 Å². The molecule has 0 aromatic heterocycles. The molecule has 1 saturated heterocycles. The Labute approximate surface area is 141 Å². The van der Waals surface area contributed by atoms with Gasteiger partial charge in [-0.2, -0.15) is 4.31 Å². The van der Waals surface area contributed by atoms with Gasteiger partial charge in [-0.15, -0.1) is 0 Å². The molecule has 0 aliphatic carbocycles. The average Bonchev–Trinajstić information content (AvgIpc) is 3.06. The Morgan fingerprint density at radius 2 is 1.83 bits per heavy atom. The summed E-state index contributed by atoms with van der Waals surface area (Å²) in [5.41, 5.74) is 1.44. The van der Waals surface area contributed by atoms with Gasteiger partial charge >= 0.3 is 5.97 Å². The second-order valence-corrected chi connectivity index (χ2v) is 7.90. The quantitative estimate of drug-likeness (QED) is 0.924. The Hall–Kier alpha value is -2.18. The molecule has 1 aliphatic rings. The normalized spacial score (nSPS) is 18.6. The summed E-state index contributed by atoms with van der Waals surface area (Å²) < 4.78 is 27.3. The molecule has 1 atom stereocenters. The molecular weight excluding hydrogens is 326 g/mol. The molecule has 0 amide bonds. The zero-order valence-corrected chi connectivity index (χ0v) is 14.2. The van der Waals surface area contributed by atoms with Gasteiger partial charge in [-0.25, -0.2) is 13.2 Å². The van der Waals surface area contributed by atoms with Crippen molar-refractivity contribution in [2.75, 3.05) is 13.1 Å². The Kier molecular flexibility index (Phi) is 4.43. The molecule has 3 rings (SSSR count). The summed E-state index contributed by atoms with van der Waals surface area (Å²) in [5.74, 6) is -0.947. The minimum atomic E-state index is -3.70. The number of carboxylic acid groups (broad SMARTS) is 1. The van der Waals surface area contributed by atoms with E-state index in [0.29, 0.717) is 13.1 Å². The number of benzene rings is 2. The fourth-order valence-corrected chi connectivity index (χ4v) is 4.96. The zero-order chi connectivity index (χ0) is 17.3. The number of aromatic carboxylic acids is 1. The van der Waals surface area contributed by atoms with E-state index in [1.165, 1.54) is 22.5 Å². The highest BCUT2D eigenvalue weighted by molar-refractivity contribution is 7.89. The zero-order valence-electron chi connectivity index (χ0n) is 13.3. The lowest BCUT2D eigenvalue weighted by molar-refractivity contribution is 0.0696. The molecule has 1 heterocycles. The summed E-state index contributed by atoms with van der Waals surface area (Å²) in [4.78, 5) is 11.3. The van der Waals surface area contributed by atoms with Crippen LogP contribution in [0.3, 0.4) is 0 Å². The summed E-state index contributed by atoms with van der Waals surface area (Å²) in [6.07, 6.45) is 0.765. The second-order valence-electron chi connectivity index (χ2n) is 5.99. The maximum atomic E-state index is 12.9. The third kappa shape index (κ3) is 2.95. The van der Waals surface area contributed by atoms with Crippen molar-refractivity contribution >= 4 is 16.0 Å². The molecule has 1 unspecified atom stereocenters. The van der Waals surface area contributed by atoms with Crippen molar-refractivity contribution in [3.8, 4) is 0 Å². The van der Waals surface area contributed by atoms with Gasteiger partial charge in [-0.05, 0) is 42.5 Å². The van der Waals surface area contributed by atoms with Crippen LogP contribution in [0.5, 0.6) is 0 Å². The minimum absolute atomic E-state index is 0.0230. The Morgan fingerprint density at radius 1 is 1.12 bits per heavy atom. The molecular formula is C18H19NO4S. The number of rotatable bonds is 4. The summed E-state index contributed by atoms with van der Waals surface area (Å²) >= 11 is 0. The first-order valence-corrected chi connectivity index (χ1v) is 9.23.